The van der Waals surface area contributed by atoms with Crippen molar-refractivity contribution in [1.82, 2.24) is 5.32 Å². The Bertz CT molecular complexity index is 555. The molecule has 102 valence electrons. The van der Waals surface area contributed by atoms with Crippen molar-refractivity contribution in [2.75, 3.05) is 25.5 Å². The minimum atomic E-state index is -3.29. The fourth-order valence-corrected chi connectivity index (χ4v) is 3.12. The van der Waals surface area contributed by atoms with Crippen LogP contribution in [0.3, 0.4) is 0 Å². The van der Waals surface area contributed by atoms with Crippen molar-refractivity contribution >= 4 is 9.84 Å². The van der Waals surface area contributed by atoms with Gasteiger partial charge in [-0.2, -0.15) is 5.26 Å². The van der Waals surface area contributed by atoms with Crippen molar-refractivity contribution in [3.63, 3.8) is 0 Å². The maximum absolute atomic E-state index is 12.1. The average molecular weight is 280 g/mol. The number of hydrogen-bond donors (Lipinski definition) is 1. The van der Waals surface area contributed by atoms with Crippen LogP contribution in [0.1, 0.15) is 12.0 Å². The zero-order valence-corrected chi connectivity index (χ0v) is 11.3. The fraction of sp³-hybridized carbons (Fsp3) is 0.462. The number of hydrogen-bond acceptors (Lipinski definition) is 5. The minimum absolute atomic E-state index is 0.0510. The van der Waals surface area contributed by atoms with E-state index in [4.69, 9.17) is 10.00 Å². The highest BCUT2D eigenvalue weighted by Crippen LogP contribution is 2.12. The third kappa shape index (κ3) is 3.77. The molecule has 1 aliphatic rings. The predicted octanol–water partition coefficient (Wildman–Crippen LogP) is 0.710. The summed E-state index contributed by atoms with van der Waals surface area (Å²) in [4.78, 5) is 0.260. The van der Waals surface area contributed by atoms with Gasteiger partial charge in [0.2, 0.25) is 0 Å². The van der Waals surface area contributed by atoms with Crippen LogP contribution < -0.4 is 5.32 Å². The van der Waals surface area contributed by atoms with Crippen LogP contribution >= 0.6 is 0 Å². The lowest BCUT2D eigenvalue weighted by atomic mass is 10.2. The van der Waals surface area contributed by atoms with E-state index in [9.17, 15) is 8.42 Å². The summed E-state index contributed by atoms with van der Waals surface area (Å²) in [5, 5.41) is 11.8. The molecular formula is C13H16N2O3S. The Morgan fingerprint density at radius 1 is 1.37 bits per heavy atom. The summed E-state index contributed by atoms with van der Waals surface area (Å²) >= 11 is 0. The maximum atomic E-state index is 12.1. The van der Waals surface area contributed by atoms with E-state index in [2.05, 4.69) is 5.32 Å². The van der Waals surface area contributed by atoms with Gasteiger partial charge in [-0.1, -0.05) is 0 Å². The highest BCUT2D eigenvalue weighted by atomic mass is 32.2. The van der Waals surface area contributed by atoms with Crippen LogP contribution in [0.15, 0.2) is 29.2 Å². The van der Waals surface area contributed by atoms with E-state index in [1.165, 1.54) is 24.3 Å². The van der Waals surface area contributed by atoms with Gasteiger partial charge in [-0.15, -0.1) is 0 Å². The fourth-order valence-electron chi connectivity index (χ4n) is 1.95. The summed E-state index contributed by atoms with van der Waals surface area (Å²) < 4.78 is 29.3. The molecule has 1 aromatic carbocycles. The van der Waals surface area contributed by atoms with Crippen LogP contribution in [0.5, 0.6) is 0 Å². The lowest BCUT2D eigenvalue weighted by Crippen LogP contribution is -2.33. The molecule has 1 N–H and O–H groups in total. The Morgan fingerprint density at radius 2 is 2.11 bits per heavy atom. The topological polar surface area (TPSA) is 79.2 Å². The molecule has 0 amide bonds. The summed E-state index contributed by atoms with van der Waals surface area (Å²) in [6, 6.07) is 8.22. The molecular weight excluding hydrogens is 264 g/mol. The zero-order chi connectivity index (χ0) is 13.7. The van der Waals surface area contributed by atoms with Crippen molar-refractivity contribution < 1.29 is 13.2 Å². The highest BCUT2D eigenvalue weighted by molar-refractivity contribution is 7.91. The third-order valence-electron chi connectivity index (χ3n) is 3.08. The molecule has 0 aliphatic carbocycles. The normalized spacial score (nSPS) is 19.2. The van der Waals surface area contributed by atoms with E-state index in [-0.39, 0.29) is 16.7 Å². The van der Waals surface area contributed by atoms with Crippen molar-refractivity contribution in [3.05, 3.63) is 29.8 Å². The molecule has 19 heavy (non-hydrogen) atoms. The summed E-state index contributed by atoms with van der Waals surface area (Å²) in [6.07, 6.45) is 0.927. The Hall–Kier alpha value is -1.42. The first-order valence-corrected chi connectivity index (χ1v) is 7.81. The van der Waals surface area contributed by atoms with Crippen LogP contribution in [0, 0.1) is 11.3 Å². The maximum Gasteiger partial charge on any atom is 0.179 e. The number of nitrogens with zero attached hydrogens (tertiary/aromatic N) is 1. The number of sulfone groups is 1. The average Bonchev–Trinajstić information content (AvgIpc) is 2.92. The van der Waals surface area contributed by atoms with E-state index in [1.54, 1.807) is 0 Å². The van der Waals surface area contributed by atoms with E-state index in [0.717, 1.165) is 13.0 Å². The Balaban J connectivity index is 1.91. The first-order valence-electron chi connectivity index (χ1n) is 6.16. The Kier molecular flexibility index (Phi) is 4.53. The van der Waals surface area contributed by atoms with Gasteiger partial charge >= 0.3 is 0 Å². The molecule has 1 aliphatic heterocycles. The molecule has 2 rings (SSSR count). The summed E-state index contributed by atoms with van der Waals surface area (Å²) in [5.41, 5.74) is 0.458. The number of nitrogens with one attached hydrogen (secondary N) is 1. The van der Waals surface area contributed by atoms with Crippen LogP contribution in [-0.4, -0.2) is 40.0 Å². The van der Waals surface area contributed by atoms with Gasteiger partial charge in [-0.25, -0.2) is 8.42 Å². The smallest absolute Gasteiger partial charge is 0.179 e. The lowest BCUT2D eigenvalue weighted by molar-refractivity contribution is 0.190. The molecule has 1 saturated heterocycles. The quantitative estimate of drug-likeness (QED) is 0.859. The van der Waals surface area contributed by atoms with Crippen molar-refractivity contribution in [3.8, 4) is 6.07 Å². The zero-order valence-electron chi connectivity index (χ0n) is 10.5. The van der Waals surface area contributed by atoms with Gasteiger partial charge in [0.1, 0.15) is 0 Å². The molecule has 1 atom stereocenters. The van der Waals surface area contributed by atoms with Gasteiger partial charge in [0.05, 0.1) is 28.9 Å². The molecule has 6 heteroatoms. The van der Waals surface area contributed by atoms with Crippen molar-refractivity contribution in [2.45, 2.75) is 17.4 Å². The molecule has 5 nitrogen and oxygen atoms in total. The molecule has 1 heterocycles. The Morgan fingerprint density at radius 3 is 2.68 bits per heavy atom. The lowest BCUT2D eigenvalue weighted by Gasteiger charge is -2.10. The van der Waals surface area contributed by atoms with Gasteiger partial charge in [-0.05, 0) is 30.7 Å². The van der Waals surface area contributed by atoms with E-state index in [1.807, 2.05) is 6.07 Å². The van der Waals surface area contributed by atoms with Crippen LogP contribution in [-0.2, 0) is 14.6 Å². The number of ether oxygens (including phenoxy) is 1. The minimum Gasteiger partial charge on any atom is -0.380 e. The molecule has 0 radical (unpaired) electrons. The summed E-state index contributed by atoms with van der Waals surface area (Å²) in [6.45, 7) is 1.80. The van der Waals surface area contributed by atoms with Crippen molar-refractivity contribution in [2.24, 2.45) is 0 Å². The van der Waals surface area contributed by atoms with Gasteiger partial charge in [0.15, 0.2) is 9.84 Å². The summed E-state index contributed by atoms with van der Waals surface area (Å²) in [5.74, 6) is 0.0510. The third-order valence-corrected chi connectivity index (χ3v) is 4.81. The van der Waals surface area contributed by atoms with E-state index >= 15 is 0 Å². The SMILES string of the molecule is N#Cc1ccc(S(=O)(=O)CCNC2CCOC2)cc1. The first-order chi connectivity index (χ1) is 9.12. The molecule has 0 saturated carbocycles. The second-order valence-corrected chi connectivity index (χ2v) is 6.58. The van der Waals surface area contributed by atoms with Crippen LogP contribution in [0.25, 0.3) is 0 Å². The standard InChI is InChI=1S/C13H16N2O3S/c14-9-11-1-3-13(4-2-11)19(16,17)8-6-15-12-5-7-18-10-12/h1-4,12,15H,5-8,10H2. The number of rotatable bonds is 5. The molecule has 0 aromatic heterocycles. The molecule has 1 aromatic rings. The summed E-state index contributed by atoms with van der Waals surface area (Å²) in [7, 11) is -3.29. The predicted molar refractivity (Wildman–Crippen MR) is 70.4 cm³/mol. The molecule has 0 spiro atoms. The van der Waals surface area contributed by atoms with Gasteiger partial charge in [-0.3, -0.25) is 0 Å². The monoisotopic (exact) mass is 280 g/mol. The van der Waals surface area contributed by atoms with E-state index in [0.29, 0.717) is 18.7 Å². The number of benzene rings is 1. The first kappa shape index (κ1) is 14.0. The molecule has 0 bridgehead atoms. The van der Waals surface area contributed by atoms with Crippen LogP contribution in [0.2, 0.25) is 0 Å². The van der Waals surface area contributed by atoms with Crippen LogP contribution in [0.4, 0.5) is 0 Å². The molecule has 1 unspecified atom stereocenters. The second-order valence-electron chi connectivity index (χ2n) is 4.47. The van der Waals surface area contributed by atoms with Gasteiger partial charge < -0.3 is 10.1 Å². The second kappa shape index (κ2) is 6.15. The van der Waals surface area contributed by atoms with Crippen molar-refractivity contribution in [1.29, 1.82) is 5.26 Å². The van der Waals surface area contributed by atoms with Gasteiger partial charge in [0.25, 0.3) is 0 Å². The highest BCUT2D eigenvalue weighted by Gasteiger charge is 2.18. The van der Waals surface area contributed by atoms with Gasteiger partial charge in [0, 0.05) is 19.2 Å². The largest absolute Gasteiger partial charge is 0.380 e. The number of nitriles is 1. The van der Waals surface area contributed by atoms with E-state index < -0.39 is 9.84 Å². The molecule has 1 fully saturated rings. The Labute approximate surface area is 113 Å².